The quantitative estimate of drug-likeness (QED) is 0.603. The summed E-state index contributed by atoms with van der Waals surface area (Å²) in [6, 6.07) is 8.62. The van der Waals surface area contributed by atoms with Gasteiger partial charge in [0, 0.05) is 24.1 Å². The van der Waals surface area contributed by atoms with Crippen LogP contribution in [0.5, 0.6) is 0 Å². The number of benzene rings is 1. The van der Waals surface area contributed by atoms with Gasteiger partial charge in [0.25, 0.3) is 0 Å². The Balaban J connectivity index is 1.69. The Hall–Kier alpha value is -3.56. The van der Waals surface area contributed by atoms with Crippen LogP contribution in [0.25, 0.3) is 11.4 Å². The van der Waals surface area contributed by atoms with Gasteiger partial charge in [0.15, 0.2) is 0 Å². The Morgan fingerprint density at radius 2 is 1.90 bits per heavy atom. The van der Waals surface area contributed by atoms with Crippen molar-refractivity contribution in [3.63, 3.8) is 0 Å². The third-order valence-corrected chi connectivity index (χ3v) is 4.35. The van der Waals surface area contributed by atoms with E-state index in [0.29, 0.717) is 22.8 Å². The maximum atomic E-state index is 12.4. The smallest absolute Gasteiger partial charge is 0.338 e. The fraction of sp³-hybridized carbons (Fsp3) is 0.429. The number of rotatable bonds is 6. The lowest BCUT2D eigenvalue weighted by atomic mass is 9.92. The summed E-state index contributed by atoms with van der Waals surface area (Å²) < 4.78 is 6.84. The van der Waals surface area contributed by atoms with Crippen LogP contribution >= 0.6 is 0 Å². The molecule has 0 saturated carbocycles. The number of amides is 1. The molecule has 3 rings (SSSR count). The third kappa shape index (κ3) is 5.53. The van der Waals surface area contributed by atoms with Crippen LogP contribution in [0.4, 0.5) is 5.82 Å². The summed E-state index contributed by atoms with van der Waals surface area (Å²) in [6.07, 6.45) is -0.215. The van der Waals surface area contributed by atoms with Crippen molar-refractivity contribution in [2.45, 2.75) is 52.7 Å². The van der Waals surface area contributed by atoms with E-state index in [1.165, 1.54) is 4.80 Å². The molecule has 3 aromatic rings. The number of nitrogens with zero attached hydrogens (tertiary/aromatic N) is 6. The lowest BCUT2D eigenvalue weighted by Gasteiger charge is -2.13. The number of hydrogen-bond acceptors (Lipinski definition) is 7. The first kappa shape index (κ1) is 22.1. The van der Waals surface area contributed by atoms with Gasteiger partial charge in [-0.2, -0.15) is 9.90 Å². The molecular formula is C21H27N7O3. The molecule has 0 spiro atoms. The molecule has 0 radical (unpaired) electrons. The van der Waals surface area contributed by atoms with E-state index < -0.39 is 5.97 Å². The predicted molar refractivity (Wildman–Crippen MR) is 114 cm³/mol. The molecule has 0 saturated heterocycles. The molecule has 31 heavy (non-hydrogen) atoms. The van der Waals surface area contributed by atoms with Crippen LogP contribution < -0.4 is 5.32 Å². The van der Waals surface area contributed by atoms with E-state index >= 15 is 0 Å². The number of carbonyl (C=O) groups is 2. The second-order valence-corrected chi connectivity index (χ2v) is 8.51. The molecule has 10 heteroatoms. The summed E-state index contributed by atoms with van der Waals surface area (Å²) in [5, 5.41) is 19.4. The molecule has 0 bridgehead atoms. The number of esters is 1. The van der Waals surface area contributed by atoms with Crippen molar-refractivity contribution >= 4 is 17.7 Å². The summed E-state index contributed by atoms with van der Waals surface area (Å²) in [5.74, 6) is 0.172. The number of nitrogens with one attached hydrogen (secondary N) is 1. The van der Waals surface area contributed by atoms with Crippen molar-refractivity contribution in [2.24, 2.45) is 7.05 Å². The normalized spacial score (nSPS) is 11.6. The van der Waals surface area contributed by atoms with E-state index in [2.05, 4.69) is 46.6 Å². The van der Waals surface area contributed by atoms with Gasteiger partial charge in [0.1, 0.15) is 12.4 Å². The van der Waals surface area contributed by atoms with Crippen molar-refractivity contribution in [2.75, 3.05) is 5.32 Å². The number of aromatic nitrogens is 6. The molecule has 10 nitrogen and oxygen atoms in total. The first-order valence-corrected chi connectivity index (χ1v) is 9.96. The average molecular weight is 425 g/mol. The topological polar surface area (TPSA) is 117 Å². The maximum Gasteiger partial charge on any atom is 0.338 e. The minimum Gasteiger partial charge on any atom is -0.459 e. The van der Waals surface area contributed by atoms with Gasteiger partial charge in [0.05, 0.1) is 17.4 Å². The van der Waals surface area contributed by atoms with Crippen LogP contribution in [-0.2, 0) is 28.5 Å². The second-order valence-electron chi connectivity index (χ2n) is 8.51. The number of anilines is 1. The molecule has 0 fully saturated rings. The van der Waals surface area contributed by atoms with E-state index in [1.54, 1.807) is 49.8 Å². The van der Waals surface area contributed by atoms with Crippen LogP contribution in [0.2, 0.25) is 0 Å². The summed E-state index contributed by atoms with van der Waals surface area (Å²) in [6.45, 7) is 9.63. The fourth-order valence-electron chi connectivity index (χ4n) is 2.75. The summed E-state index contributed by atoms with van der Waals surface area (Å²) in [7, 11) is 1.77. The van der Waals surface area contributed by atoms with Gasteiger partial charge >= 0.3 is 5.97 Å². The average Bonchev–Trinajstić information content (AvgIpc) is 3.28. The molecule has 1 aromatic carbocycles. The summed E-state index contributed by atoms with van der Waals surface area (Å²) in [4.78, 5) is 25.8. The lowest BCUT2D eigenvalue weighted by Crippen LogP contribution is -2.21. The van der Waals surface area contributed by atoms with E-state index in [9.17, 15) is 9.59 Å². The van der Waals surface area contributed by atoms with Crippen LogP contribution in [0.1, 0.15) is 50.7 Å². The minimum atomic E-state index is -0.422. The molecule has 2 aromatic heterocycles. The third-order valence-electron chi connectivity index (χ3n) is 4.35. The zero-order valence-electron chi connectivity index (χ0n) is 18.6. The minimum absolute atomic E-state index is 0.113. The van der Waals surface area contributed by atoms with Gasteiger partial charge in [-0.05, 0) is 31.2 Å². The van der Waals surface area contributed by atoms with Crippen molar-refractivity contribution in [3.05, 3.63) is 41.6 Å². The Morgan fingerprint density at radius 1 is 1.16 bits per heavy atom. The molecule has 0 aliphatic rings. The van der Waals surface area contributed by atoms with Crippen LogP contribution in [-0.4, -0.2) is 48.0 Å². The lowest BCUT2D eigenvalue weighted by molar-refractivity contribution is -0.117. The van der Waals surface area contributed by atoms with Crippen molar-refractivity contribution in [1.29, 1.82) is 0 Å². The molecule has 1 N–H and O–H groups in total. The van der Waals surface area contributed by atoms with E-state index in [1.807, 2.05) is 6.07 Å². The molecule has 0 aliphatic heterocycles. The number of aryl methyl sites for hydroxylation is 1. The molecule has 0 aliphatic carbocycles. The van der Waals surface area contributed by atoms with Crippen molar-refractivity contribution in [3.8, 4) is 11.4 Å². The van der Waals surface area contributed by atoms with Crippen molar-refractivity contribution in [1.82, 2.24) is 30.0 Å². The largest absolute Gasteiger partial charge is 0.459 e. The van der Waals surface area contributed by atoms with E-state index in [0.717, 1.165) is 5.69 Å². The number of tetrazole rings is 1. The molecule has 0 unspecified atom stereocenters. The predicted octanol–water partition coefficient (Wildman–Crippen LogP) is 2.58. The first-order chi connectivity index (χ1) is 14.5. The Kier molecular flexibility index (Phi) is 6.19. The fourth-order valence-corrected chi connectivity index (χ4v) is 2.75. The van der Waals surface area contributed by atoms with Gasteiger partial charge in [-0.3, -0.25) is 9.48 Å². The summed E-state index contributed by atoms with van der Waals surface area (Å²) >= 11 is 0. The van der Waals surface area contributed by atoms with Crippen molar-refractivity contribution < 1.29 is 14.3 Å². The van der Waals surface area contributed by atoms with E-state index in [-0.39, 0.29) is 24.0 Å². The number of carbonyl (C=O) groups excluding carboxylic acids is 2. The highest BCUT2D eigenvalue weighted by Gasteiger charge is 2.20. The highest BCUT2D eigenvalue weighted by molar-refractivity contribution is 5.91. The van der Waals surface area contributed by atoms with Gasteiger partial charge in [-0.1, -0.05) is 32.9 Å². The summed E-state index contributed by atoms with van der Waals surface area (Å²) in [5.41, 5.74) is 1.75. The molecule has 0 atom stereocenters. The van der Waals surface area contributed by atoms with Gasteiger partial charge in [-0.25, -0.2) is 4.79 Å². The highest BCUT2D eigenvalue weighted by atomic mass is 16.5. The highest BCUT2D eigenvalue weighted by Crippen LogP contribution is 2.23. The molecule has 2 heterocycles. The van der Waals surface area contributed by atoms with E-state index in [4.69, 9.17) is 4.74 Å². The second kappa shape index (κ2) is 8.66. The van der Waals surface area contributed by atoms with Gasteiger partial charge < -0.3 is 10.1 Å². The van der Waals surface area contributed by atoms with Crippen LogP contribution in [0.3, 0.4) is 0 Å². The molecule has 164 valence electrons. The zero-order chi connectivity index (χ0) is 22.8. The van der Waals surface area contributed by atoms with Gasteiger partial charge in [-0.15, -0.1) is 10.2 Å². The number of hydrogen-bond donors (Lipinski definition) is 1. The molecular weight excluding hydrogens is 398 g/mol. The Morgan fingerprint density at radius 3 is 2.55 bits per heavy atom. The standard InChI is InChI=1S/C21H27N7O3/c1-13(2)31-20(30)15-9-7-8-14(10-15)19-23-26-28(25-19)12-18(29)22-17-11-16(21(3,4)5)24-27(17)6/h7-11,13H,12H2,1-6H3,(H,22,29). The molecule has 1 amide bonds. The maximum absolute atomic E-state index is 12.4. The van der Waals surface area contributed by atoms with Gasteiger partial charge in [0.2, 0.25) is 11.7 Å². The Bertz CT molecular complexity index is 1090. The monoisotopic (exact) mass is 425 g/mol. The number of ether oxygens (including phenoxy) is 1. The van der Waals surface area contributed by atoms with Crippen LogP contribution in [0.15, 0.2) is 30.3 Å². The SMILES string of the molecule is CC(C)OC(=O)c1cccc(-c2nnn(CC(=O)Nc3cc(C(C)(C)C)nn3C)n2)c1. The zero-order valence-corrected chi connectivity index (χ0v) is 18.6. The Labute approximate surface area is 180 Å². The first-order valence-electron chi connectivity index (χ1n) is 9.96. The van der Waals surface area contributed by atoms with Crippen LogP contribution in [0, 0.1) is 0 Å².